The van der Waals surface area contributed by atoms with E-state index in [-0.39, 0.29) is 6.04 Å². The number of aromatic nitrogens is 2. The lowest BCUT2D eigenvalue weighted by Crippen LogP contribution is -2.13. The van der Waals surface area contributed by atoms with Crippen LogP contribution in [0.3, 0.4) is 0 Å². The Morgan fingerprint density at radius 1 is 1.29 bits per heavy atom. The highest BCUT2D eigenvalue weighted by atomic mass is 19.3. The molecular weight excluding hydrogens is 231 g/mol. The summed E-state index contributed by atoms with van der Waals surface area (Å²) in [5.74, 6) is 0. The Morgan fingerprint density at radius 2 is 2.00 bits per heavy atom. The first-order valence-corrected chi connectivity index (χ1v) is 5.15. The fourth-order valence-corrected chi connectivity index (χ4v) is 1.66. The molecule has 0 aliphatic carbocycles. The van der Waals surface area contributed by atoms with Gasteiger partial charge in [0.1, 0.15) is 0 Å². The third-order valence-corrected chi connectivity index (χ3v) is 2.59. The minimum atomic E-state index is -3.09. The predicted molar refractivity (Wildman–Crippen MR) is 58.5 cm³/mol. The first-order chi connectivity index (χ1) is 8.00. The van der Waals surface area contributed by atoms with Crippen molar-refractivity contribution in [2.24, 2.45) is 5.73 Å². The van der Waals surface area contributed by atoms with E-state index in [0.717, 1.165) is 5.56 Å². The van der Waals surface area contributed by atoms with Crippen molar-refractivity contribution in [3.05, 3.63) is 30.0 Å². The van der Waals surface area contributed by atoms with E-state index in [4.69, 9.17) is 5.73 Å². The molecule has 1 heterocycles. The molecule has 0 radical (unpaired) electrons. The van der Waals surface area contributed by atoms with Crippen LogP contribution in [0.5, 0.6) is 0 Å². The Labute approximate surface area is 96.0 Å². The smallest absolute Gasteiger partial charge is 0.289 e. The lowest BCUT2D eigenvalue weighted by atomic mass is 10.1. The number of rotatable bonds is 3. The van der Waals surface area contributed by atoms with Crippen molar-refractivity contribution in [3.63, 3.8) is 0 Å². The normalized spacial score (nSPS) is 15.4. The number of halogens is 3. The molecule has 2 rings (SSSR count). The summed E-state index contributed by atoms with van der Waals surface area (Å²) in [4.78, 5) is 0. The molecule has 17 heavy (non-hydrogen) atoms. The minimum absolute atomic E-state index is 0.168. The quantitative estimate of drug-likeness (QED) is 0.900. The summed E-state index contributed by atoms with van der Waals surface area (Å²) in [6, 6.07) is 4.79. The zero-order valence-corrected chi connectivity index (χ0v) is 9.15. The van der Waals surface area contributed by atoms with Gasteiger partial charge < -0.3 is 5.73 Å². The molecule has 1 unspecified atom stereocenters. The van der Waals surface area contributed by atoms with Crippen LogP contribution in [0.2, 0.25) is 0 Å². The lowest BCUT2D eigenvalue weighted by molar-refractivity contribution is 0.00344. The van der Waals surface area contributed by atoms with Crippen LogP contribution in [0.1, 0.15) is 24.8 Å². The standard InChI is InChI=1S/C11H12F3N3/c1-6(15)7-2-3-9-8(4-7)5-16-17(9)11(14)10(12)13/h2-6,10-11H,15H2,1H3/t6-,11?/m1/s1. The van der Waals surface area contributed by atoms with Crippen molar-refractivity contribution in [2.45, 2.75) is 25.7 Å². The molecule has 0 saturated heterocycles. The molecule has 1 aromatic heterocycles. The third-order valence-electron chi connectivity index (χ3n) is 2.59. The molecule has 2 atom stereocenters. The number of hydrogen-bond donors (Lipinski definition) is 1. The lowest BCUT2D eigenvalue weighted by Gasteiger charge is -2.09. The van der Waals surface area contributed by atoms with Crippen LogP contribution in [0.15, 0.2) is 24.4 Å². The molecule has 6 heteroatoms. The fraction of sp³-hybridized carbons (Fsp3) is 0.364. The molecule has 1 aromatic carbocycles. The van der Waals surface area contributed by atoms with E-state index in [0.29, 0.717) is 15.6 Å². The van der Waals surface area contributed by atoms with E-state index in [1.54, 1.807) is 18.2 Å². The van der Waals surface area contributed by atoms with E-state index < -0.39 is 12.7 Å². The molecule has 0 aliphatic rings. The second-order valence-electron chi connectivity index (χ2n) is 3.90. The first-order valence-electron chi connectivity index (χ1n) is 5.15. The third kappa shape index (κ3) is 2.12. The molecule has 92 valence electrons. The Morgan fingerprint density at radius 3 is 2.59 bits per heavy atom. The van der Waals surface area contributed by atoms with Crippen LogP contribution in [-0.4, -0.2) is 16.2 Å². The second-order valence-corrected chi connectivity index (χ2v) is 3.90. The molecule has 0 bridgehead atoms. The van der Waals surface area contributed by atoms with Gasteiger partial charge in [-0.25, -0.2) is 17.9 Å². The number of fused-ring (bicyclic) bond motifs is 1. The summed E-state index contributed by atoms with van der Waals surface area (Å²) in [6.45, 7) is 1.81. The highest BCUT2D eigenvalue weighted by Gasteiger charge is 2.23. The van der Waals surface area contributed by atoms with Crippen molar-refractivity contribution in [3.8, 4) is 0 Å². The van der Waals surface area contributed by atoms with Crippen molar-refractivity contribution >= 4 is 10.9 Å². The summed E-state index contributed by atoms with van der Waals surface area (Å²) in [6.07, 6.45) is -4.16. The Hall–Kier alpha value is -1.56. The number of nitrogens with two attached hydrogens (primary N) is 1. The van der Waals surface area contributed by atoms with Gasteiger partial charge >= 0.3 is 0 Å². The summed E-state index contributed by atoms with van der Waals surface area (Å²) in [7, 11) is 0. The molecule has 0 aliphatic heterocycles. The first kappa shape index (κ1) is 11.9. The molecule has 3 nitrogen and oxygen atoms in total. The van der Waals surface area contributed by atoms with E-state index in [1.807, 2.05) is 6.92 Å². The highest BCUT2D eigenvalue weighted by molar-refractivity contribution is 5.79. The highest BCUT2D eigenvalue weighted by Crippen LogP contribution is 2.25. The number of hydrogen-bond acceptors (Lipinski definition) is 2. The van der Waals surface area contributed by atoms with Gasteiger partial charge in [0, 0.05) is 11.4 Å². The Kier molecular flexibility index (Phi) is 3.06. The van der Waals surface area contributed by atoms with Crippen LogP contribution in [0, 0.1) is 0 Å². The predicted octanol–water partition coefficient (Wildman–Crippen LogP) is 2.79. The Bertz CT molecular complexity index is 522. The van der Waals surface area contributed by atoms with E-state index >= 15 is 0 Å². The van der Waals surface area contributed by atoms with Crippen LogP contribution < -0.4 is 5.73 Å². The number of nitrogens with zero attached hydrogens (tertiary/aromatic N) is 2. The van der Waals surface area contributed by atoms with Gasteiger partial charge in [-0.15, -0.1) is 0 Å². The SMILES string of the molecule is C[C@@H](N)c1ccc2c(cnn2C(F)C(F)F)c1. The maximum Gasteiger partial charge on any atom is 0.289 e. The number of alkyl halides is 3. The maximum absolute atomic E-state index is 13.2. The van der Waals surface area contributed by atoms with Crippen LogP contribution in [-0.2, 0) is 0 Å². The maximum atomic E-state index is 13.2. The molecule has 0 saturated carbocycles. The van der Waals surface area contributed by atoms with Gasteiger partial charge in [0.05, 0.1) is 11.7 Å². The molecule has 0 amide bonds. The Balaban J connectivity index is 2.48. The van der Waals surface area contributed by atoms with Crippen LogP contribution in [0.4, 0.5) is 13.2 Å². The minimum Gasteiger partial charge on any atom is -0.324 e. The molecular formula is C11H12F3N3. The van der Waals surface area contributed by atoms with Gasteiger partial charge in [-0.05, 0) is 24.6 Å². The molecule has 0 fully saturated rings. The van der Waals surface area contributed by atoms with Gasteiger partial charge in [-0.3, -0.25) is 0 Å². The largest absolute Gasteiger partial charge is 0.324 e. The van der Waals surface area contributed by atoms with E-state index in [2.05, 4.69) is 5.10 Å². The van der Waals surface area contributed by atoms with Crippen molar-refractivity contribution in [2.75, 3.05) is 0 Å². The topological polar surface area (TPSA) is 43.8 Å². The zero-order valence-electron chi connectivity index (χ0n) is 9.15. The van der Waals surface area contributed by atoms with Crippen LogP contribution >= 0.6 is 0 Å². The van der Waals surface area contributed by atoms with Gasteiger partial charge in [-0.1, -0.05) is 6.07 Å². The molecule has 2 N–H and O–H groups in total. The van der Waals surface area contributed by atoms with Crippen LogP contribution in [0.25, 0.3) is 10.9 Å². The van der Waals surface area contributed by atoms with Crippen molar-refractivity contribution < 1.29 is 13.2 Å². The van der Waals surface area contributed by atoms with Crippen molar-refractivity contribution in [1.82, 2.24) is 9.78 Å². The summed E-state index contributed by atoms with van der Waals surface area (Å²) >= 11 is 0. The van der Waals surface area contributed by atoms with Gasteiger partial charge in [0.15, 0.2) is 0 Å². The zero-order chi connectivity index (χ0) is 12.6. The molecule has 0 spiro atoms. The van der Waals surface area contributed by atoms with Crippen molar-refractivity contribution in [1.29, 1.82) is 0 Å². The fourth-order valence-electron chi connectivity index (χ4n) is 1.66. The number of benzene rings is 1. The summed E-state index contributed by atoms with van der Waals surface area (Å²) in [5.41, 5.74) is 6.89. The monoisotopic (exact) mass is 243 g/mol. The summed E-state index contributed by atoms with van der Waals surface area (Å²) in [5, 5.41) is 4.24. The second kappa shape index (κ2) is 4.37. The molecule has 2 aromatic rings. The summed E-state index contributed by atoms with van der Waals surface area (Å²) < 4.78 is 38.4. The van der Waals surface area contributed by atoms with E-state index in [1.165, 1.54) is 6.20 Å². The average molecular weight is 243 g/mol. The van der Waals surface area contributed by atoms with Gasteiger partial charge in [-0.2, -0.15) is 5.10 Å². The van der Waals surface area contributed by atoms with Gasteiger partial charge in [0.2, 0.25) is 0 Å². The van der Waals surface area contributed by atoms with Gasteiger partial charge in [0.25, 0.3) is 12.7 Å². The van der Waals surface area contributed by atoms with E-state index in [9.17, 15) is 13.2 Å². The average Bonchev–Trinajstić information content (AvgIpc) is 2.70.